The standard InChI is InChI=1S/K.H3N.H3O4Si/c;;1-5(2,3)4/h;1H3;1-3H/q+1;;-1. The minimum Gasteiger partial charge on any atom is -0.794 e. The molecule has 6 N–H and O–H groups in total. The van der Waals surface area contributed by atoms with Crippen LogP contribution in [0.5, 0.6) is 0 Å². The molecule has 0 atom stereocenters. The average Bonchev–Trinajstić information content (AvgIpc) is 0.722. The molecule has 0 aliphatic heterocycles. The molecule has 0 radical (unpaired) electrons. The molecule has 0 unspecified atom stereocenters. The summed E-state index contributed by atoms with van der Waals surface area (Å²) in [5.41, 5.74) is 0. The quantitative estimate of drug-likeness (QED) is 0.257. The number of hydrogen-bond acceptors (Lipinski definition) is 5. The molecule has 0 saturated carbocycles. The zero-order valence-electron chi connectivity index (χ0n) is 3.96. The second-order valence-corrected chi connectivity index (χ2v) is 1.72. The zero-order chi connectivity index (χ0) is 4.50. The molecule has 0 fully saturated rings. The summed E-state index contributed by atoms with van der Waals surface area (Å²) in [7, 11) is -4.86. The van der Waals surface area contributed by atoms with Crippen LogP contribution in [0.25, 0.3) is 0 Å². The van der Waals surface area contributed by atoms with Crippen molar-refractivity contribution in [1.29, 1.82) is 0 Å². The van der Waals surface area contributed by atoms with E-state index in [-0.39, 0.29) is 57.5 Å². The van der Waals surface area contributed by atoms with Crippen LogP contribution in [-0.4, -0.2) is 23.4 Å². The summed E-state index contributed by atoms with van der Waals surface area (Å²) in [6.45, 7) is 0. The van der Waals surface area contributed by atoms with Gasteiger partial charge in [0.15, 0.2) is 0 Å². The summed E-state index contributed by atoms with van der Waals surface area (Å²) in [4.78, 5) is 30.6. The van der Waals surface area contributed by atoms with Crippen molar-refractivity contribution in [3.8, 4) is 0 Å². The molecule has 0 aromatic heterocycles. The van der Waals surface area contributed by atoms with Crippen molar-refractivity contribution in [3.05, 3.63) is 0 Å². The van der Waals surface area contributed by atoms with Gasteiger partial charge in [-0.2, -0.15) is 0 Å². The Balaban J connectivity index is -0.0000000800. The molecule has 0 aliphatic carbocycles. The predicted molar refractivity (Wildman–Crippen MR) is 17.4 cm³/mol. The molecule has 0 amide bonds. The minimum atomic E-state index is -4.86. The Morgan fingerprint density at radius 3 is 1.14 bits per heavy atom. The van der Waals surface area contributed by atoms with Crippen LogP contribution in [0.15, 0.2) is 0 Å². The molecule has 7 heavy (non-hydrogen) atoms. The summed E-state index contributed by atoms with van der Waals surface area (Å²) in [6, 6.07) is 0. The summed E-state index contributed by atoms with van der Waals surface area (Å²) in [6.07, 6.45) is 0. The van der Waals surface area contributed by atoms with Gasteiger partial charge in [0.25, 0.3) is 0 Å². The van der Waals surface area contributed by atoms with Crippen molar-refractivity contribution in [2.75, 3.05) is 0 Å². The van der Waals surface area contributed by atoms with Crippen molar-refractivity contribution < 1.29 is 70.6 Å². The van der Waals surface area contributed by atoms with Crippen LogP contribution in [0.2, 0.25) is 0 Å². The Hall–Kier alpha value is 1.65. The van der Waals surface area contributed by atoms with Crippen LogP contribution in [0, 0.1) is 0 Å². The second kappa shape index (κ2) is 5.78. The smallest absolute Gasteiger partial charge is 0.794 e. The monoisotopic (exact) mass is 151 g/mol. The first kappa shape index (κ1) is 15.9. The fourth-order valence-corrected chi connectivity index (χ4v) is 0. The number of rotatable bonds is 0. The summed E-state index contributed by atoms with van der Waals surface area (Å²) >= 11 is 0. The van der Waals surface area contributed by atoms with E-state index in [2.05, 4.69) is 0 Å². The van der Waals surface area contributed by atoms with Gasteiger partial charge in [0, 0.05) is 0 Å². The van der Waals surface area contributed by atoms with Crippen LogP contribution < -0.4 is 62.3 Å². The van der Waals surface area contributed by atoms with Gasteiger partial charge >= 0.3 is 60.4 Å². The van der Waals surface area contributed by atoms with E-state index in [9.17, 15) is 0 Å². The maximum Gasteiger partial charge on any atom is 1.00 e. The van der Waals surface area contributed by atoms with Gasteiger partial charge in [-0.05, 0) is 0 Å². The SMILES string of the molecule is N.[K+].[O-][Si](O)(O)O. The third kappa shape index (κ3) is 89.5. The Kier molecular flexibility index (Phi) is 13.1. The topological polar surface area (TPSA) is 119 Å². The summed E-state index contributed by atoms with van der Waals surface area (Å²) < 4.78 is 0. The van der Waals surface area contributed by atoms with Gasteiger partial charge in [0.05, 0.1) is 0 Å². The van der Waals surface area contributed by atoms with Gasteiger partial charge in [-0.15, -0.1) is 0 Å². The van der Waals surface area contributed by atoms with Crippen LogP contribution in [0.1, 0.15) is 0 Å². The normalized spacial score (nSPS) is 8.57. The third-order valence-corrected chi connectivity index (χ3v) is 0. The van der Waals surface area contributed by atoms with E-state index in [1.807, 2.05) is 0 Å². The molecule has 0 aromatic carbocycles. The molecule has 40 valence electrons. The van der Waals surface area contributed by atoms with Crippen LogP contribution in [0.4, 0.5) is 0 Å². The Labute approximate surface area is 84.5 Å². The first-order chi connectivity index (χ1) is 2.00. The van der Waals surface area contributed by atoms with Gasteiger partial charge in [0.1, 0.15) is 0 Å². The van der Waals surface area contributed by atoms with Gasteiger partial charge < -0.3 is 25.3 Å². The molecule has 0 aliphatic rings. The van der Waals surface area contributed by atoms with E-state index >= 15 is 0 Å². The Morgan fingerprint density at radius 1 is 1.14 bits per heavy atom. The molecule has 7 heteroatoms. The molecule has 0 aromatic rings. The molecule has 0 heterocycles. The average molecular weight is 151 g/mol. The molecule has 5 nitrogen and oxygen atoms in total. The first-order valence-electron chi connectivity index (χ1n) is 0.875. The minimum absolute atomic E-state index is 0. The van der Waals surface area contributed by atoms with E-state index in [1.165, 1.54) is 0 Å². The van der Waals surface area contributed by atoms with Gasteiger partial charge in [-0.25, -0.2) is 0 Å². The van der Waals surface area contributed by atoms with Gasteiger partial charge in [-0.1, -0.05) is 0 Å². The van der Waals surface area contributed by atoms with Gasteiger partial charge in [0.2, 0.25) is 0 Å². The number of hydrogen-bond donors (Lipinski definition) is 4. The van der Waals surface area contributed by atoms with Crippen molar-refractivity contribution >= 4 is 9.05 Å². The van der Waals surface area contributed by atoms with Crippen molar-refractivity contribution in [2.24, 2.45) is 0 Å². The van der Waals surface area contributed by atoms with Crippen LogP contribution >= 0.6 is 0 Å². The molecule has 0 saturated heterocycles. The first-order valence-corrected chi connectivity index (χ1v) is 2.62. The molecule has 0 rings (SSSR count). The second-order valence-electron chi connectivity index (χ2n) is 0.574. The van der Waals surface area contributed by atoms with Crippen molar-refractivity contribution in [3.63, 3.8) is 0 Å². The van der Waals surface area contributed by atoms with E-state index in [0.29, 0.717) is 0 Å². The predicted octanol–water partition coefficient (Wildman–Crippen LogP) is -6.07. The largest absolute Gasteiger partial charge is 1.00 e. The fourth-order valence-electron chi connectivity index (χ4n) is 0. The molecular weight excluding hydrogens is 145 g/mol. The fraction of sp³-hybridized carbons (Fsp3) is 0. The molecule has 0 bridgehead atoms. The summed E-state index contributed by atoms with van der Waals surface area (Å²) in [5, 5.41) is 0. The molecule has 0 spiro atoms. The molecular formula is H6KNO4Si. The van der Waals surface area contributed by atoms with Crippen LogP contribution in [-0.2, 0) is 0 Å². The third-order valence-electron chi connectivity index (χ3n) is 0. The van der Waals surface area contributed by atoms with Crippen LogP contribution in [0.3, 0.4) is 0 Å². The van der Waals surface area contributed by atoms with E-state index in [0.717, 1.165) is 0 Å². The zero-order valence-corrected chi connectivity index (χ0v) is 8.08. The maximum absolute atomic E-state index is 8.91. The van der Waals surface area contributed by atoms with E-state index in [1.54, 1.807) is 0 Å². The Bertz CT molecular complexity index is 27.2. The maximum atomic E-state index is 8.91. The van der Waals surface area contributed by atoms with E-state index < -0.39 is 9.05 Å². The van der Waals surface area contributed by atoms with Crippen molar-refractivity contribution in [2.45, 2.75) is 0 Å². The van der Waals surface area contributed by atoms with Crippen molar-refractivity contribution in [1.82, 2.24) is 6.15 Å². The van der Waals surface area contributed by atoms with Gasteiger partial charge in [-0.3, -0.25) is 0 Å². The van der Waals surface area contributed by atoms with E-state index in [4.69, 9.17) is 19.2 Å². The summed E-state index contributed by atoms with van der Waals surface area (Å²) in [5.74, 6) is 0. The Morgan fingerprint density at radius 2 is 1.14 bits per heavy atom.